The highest BCUT2D eigenvalue weighted by molar-refractivity contribution is 7.89. The predicted octanol–water partition coefficient (Wildman–Crippen LogP) is 1.43. The van der Waals surface area contributed by atoms with Crippen molar-refractivity contribution in [1.29, 1.82) is 0 Å². The molecular weight excluding hydrogens is 266 g/mol. The Kier molecular flexibility index (Phi) is 5.35. The van der Waals surface area contributed by atoms with Crippen molar-refractivity contribution in [3.63, 3.8) is 0 Å². The van der Waals surface area contributed by atoms with Crippen molar-refractivity contribution in [2.45, 2.75) is 49.5 Å². The number of nitrogens with one attached hydrogen (secondary N) is 2. The van der Waals surface area contributed by atoms with Gasteiger partial charge in [-0.15, -0.1) is 0 Å². The summed E-state index contributed by atoms with van der Waals surface area (Å²) in [6.45, 7) is 0.999. The highest BCUT2D eigenvalue weighted by Crippen LogP contribution is 2.20. The molecular formula is C12H21N3O3S. The fraction of sp³-hybridized carbons (Fsp3) is 0.750. The largest absolute Gasteiger partial charge is 0.378 e. The lowest BCUT2D eigenvalue weighted by Crippen LogP contribution is -2.26. The Morgan fingerprint density at radius 2 is 2.16 bits per heavy atom. The van der Waals surface area contributed by atoms with E-state index in [1.54, 1.807) is 0 Å². The first kappa shape index (κ1) is 14.5. The molecule has 0 aromatic carbocycles. The minimum Gasteiger partial charge on any atom is -0.378 e. The summed E-state index contributed by atoms with van der Waals surface area (Å²) in [5, 5.41) is 6.11. The maximum Gasteiger partial charge on any atom is 0.243 e. The van der Waals surface area contributed by atoms with Gasteiger partial charge in [0, 0.05) is 19.3 Å². The summed E-state index contributed by atoms with van der Waals surface area (Å²) in [5.74, 6) is 0. The molecule has 1 heterocycles. The van der Waals surface area contributed by atoms with Gasteiger partial charge in [-0.3, -0.25) is 5.10 Å². The van der Waals surface area contributed by atoms with Crippen LogP contribution in [0.3, 0.4) is 0 Å². The third-order valence-corrected chi connectivity index (χ3v) is 4.73. The lowest BCUT2D eigenvalue weighted by atomic mass is 9.98. The fourth-order valence-corrected chi connectivity index (χ4v) is 3.21. The fourth-order valence-electron chi connectivity index (χ4n) is 2.23. The molecule has 7 heteroatoms. The van der Waals surface area contributed by atoms with Gasteiger partial charge in [0.2, 0.25) is 10.0 Å². The summed E-state index contributed by atoms with van der Waals surface area (Å²) in [7, 11) is -3.42. The molecule has 0 spiro atoms. The summed E-state index contributed by atoms with van der Waals surface area (Å²) in [6, 6.07) is 0. The zero-order valence-corrected chi connectivity index (χ0v) is 11.8. The van der Waals surface area contributed by atoms with Gasteiger partial charge in [0.15, 0.2) is 0 Å². The Morgan fingerprint density at radius 3 is 2.84 bits per heavy atom. The Balaban J connectivity index is 1.61. The van der Waals surface area contributed by atoms with Crippen LogP contribution in [0.4, 0.5) is 0 Å². The standard InChI is InChI=1S/C12H21N3O3S/c16-19(17,12-9-13-14-10-12)15-7-4-8-18-11-5-2-1-3-6-11/h9-11,15H,1-8H2,(H,13,14). The molecule has 0 bridgehead atoms. The van der Waals surface area contributed by atoms with Gasteiger partial charge in [-0.2, -0.15) is 5.10 Å². The van der Waals surface area contributed by atoms with Crippen LogP contribution >= 0.6 is 0 Å². The molecule has 6 nitrogen and oxygen atoms in total. The molecule has 1 fully saturated rings. The molecule has 0 saturated heterocycles. The van der Waals surface area contributed by atoms with E-state index in [0.29, 0.717) is 25.7 Å². The van der Waals surface area contributed by atoms with E-state index in [0.717, 1.165) is 12.8 Å². The van der Waals surface area contributed by atoms with Crippen molar-refractivity contribution < 1.29 is 13.2 Å². The molecule has 1 saturated carbocycles. The molecule has 0 unspecified atom stereocenters. The first-order valence-corrected chi connectivity index (χ1v) is 8.27. The van der Waals surface area contributed by atoms with E-state index in [4.69, 9.17) is 4.74 Å². The second-order valence-electron chi connectivity index (χ2n) is 4.82. The normalized spacial score (nSPS) is 17.7. The van der Waals surface area contributed by atoms with Crippen molar-refractivity contribution in [2.75, 3.05) is 13.2 Å². The van der Waals surface area contributed by atoms with E-state index in [-0.39, 0.29) is 4.90 Å². The van der Waals surface area contributed by atoms with Crippen LogP contribution in [0.5, 0.6) is 0 Å². The maximum absolute atomic E-state index is 11.7. The Bertz CT molecular complexity index is 453. The Hall–Kier alpha value is -0.920. The molecule has 19 heavy (non-hydrogen) atoms. The molecule has 1 aromatic heterocycles. The van der Waals surface area contributed by atoms with Gasteiger partial charge in [-0.1, -0.05) is 19.3 Å². The van der Waals surface area contributed by atoms with Gasteiger partial charge >= 0.3 is 0 Å². The minimum atomic E-state index is -3.42. The van der Waals surface area contributed by atoms with Gasteiger partial charge in [0.25, 0.3) is 0 Å². The lowest BCUT2D eigenvalue weighted by molar-refractivity contribution is 0.0278. The van der Waals surface area contributed by atoms with Crippen molar-refractivity contribution in [3.05, 3.63) is 12.4 Å². The average molecular weight is 287 g/mol. The molecule has 0 radical (unpaired) electrons. The third kappa shape index (κ3) is 4.59. The number of H-pyrrole nitrogens is 1. The number of aromatic nitrogens is 2. The van der Waals surface area contributed by atoms with Crippen LogP contribution < -0.4 is 4.72 Å². The van der Waals surface area contributed by atoms with Crippen LogP contribution in [-0.2, 0) is 14.8 Å². The van der Waals surface area contributed by atoms with Crippen LogP contribution in [0, 0.1) is 0 Å². The van der Waals surface area contributed by atoms with E-state index in [1.165, 1.54) is 31.7 Å². The van der Waals surface area contributed by atoms with Crippen LogP contribution in [0.2, 0.25) is 0 Å². The average Bonchev–Trinajstić information content (AvgIpc) is 2.94. The maximum atomic E-state index is 11.7. The molecule has 2 rings (SSSR count). The van der Waals surface area contributed by atoms with E-state index in [1.807, 2.05) is 0 Å². The number of hydrogen-bond acceptors (Lipinski definition) is 4. The third-order valence-electron chi connectivity index (χ3n) is 3.30. The highest BCUT2D eigenvalue weighted by atomic mass is 32.2. The topological polar surface area (TPSA) is 84.1 Å². The predicted molar refractivity (Wildman–Crippen MR) is 71.2 cm³/mol. The zero-order chi connectivity index (χ0) is 13.6. The minimum absolute atomic E-state index is 0.167. The van der Waals surface area contributed by atoms with E-state index < -0.39 is 10.0 Å². The zero-order valence-electron chi connectivity index (χ0n) is 11.0. The van der Waals surface area contributed by atoms with Gasteiger partial charge in [-0.05, 0) is 19.3 Å². The van der Waals surface area contributed by atoms with E-state index in [9.17, 15) is 8.42 Å². The number of ether oxygens (including phenoxy) is 1. The first-order chi connectivity index (χ1) is 9.18. The molecule has 1 aromatic rings. The molecule has 1 aliphatic rings. The number of hydrogen-bond donors (Lipinski definition) is 2. The lowest BCUT2D eigenvalue weighted by Gasteiger charge is -2.21. The van der Waals surface area contributed by atoms with E-state index in [2.05, 4.69) is 14.9 Å². The second-order valence-corrected chi connectivity index (χ2v) is 6.58. The summed E-state index contributed by atoms with van der Waals surface area (Å²) in [4.78, 5) is 0.167. The van der Waals surface area contributed by atoms with Crippen LogP contribution in [0.1, 0.15) is 38.5 Å². The van der Waals surface area contributed by atoms with Crippen molar-refractivity contribution in [2.24, 2.45) is 0 Å². The van der Waals surface area contributed by atoms with Gasteiger partial charge in [0.05, 0.1) is 12.3 Å². The van der Waals surface area contributed by atoms with Crippen LogP contribution in [0.15, 0.2) is 17.3 Å². The van der Waals surface area contributed by atoms with Crippen LogP contribution in [-0.4, -0.2) is 37.9 Å². The first-order valence-electron chi connectivity index (χ1n) is 6.78. The summed E-state index contributed by atoms with van der Waals surface area (Å²) in [6.07, 6.45) is 9.80. The highest BCUT2D eigenvalue weighted by Gasteiger charge is 2.15. The number of aromatic amines is 1. The quantitative estimate of drug-likeness (QED) is 0.743. The van der Waals surface area contributed by atoms with Crippen LogP contribution in [0.25, 0.3) is 0 Å². The van der Waals surface area contributed by atoms with Crippen molar-refractivity contribution in [3.8, 4) is 0 Å². The molecule has 0 atom stereocenters. The van der Waals surface area contributed by atoms with Crippen molar-refractivity contribution >= 4 is 10.0 Å². The summed E-state index contributed by atoms with van der Waals surface area (Å²) < 4.78 is 31.8. The van der Waals surface area contributed by atoms with Crippen molar-refractivity contribution in [1.82, 2.24) is 14.9 Å². The second kappa shape index (κ2) is 7.02. The van der Waals surface area contributed by atoms with Gasteiger partial charge in [-0.25, -0.2) is 13.1 Å². The Morgan fingerprint density at radius 1 is 1.37 bits per heavy atom. The summed E-state index contributed by atoms with van der Waals surface area (Å²) >= 11 is 0. The number of nitrogens with zero attached hydrogens (tertiary/aromatic N) is 1. The summed E-state index contributed by atoms with van der Waals surface area (Å²) in [5.41, 5.74) is 0. The molecule has 2 N–H and O–H groups in total. The Labute approximate surface area is 114 Å². The van der Waals surface area contributed by atoms with E-state index >= 15 is 0 Å². The number of rotatable bonds is 7. The SMILES string of the molecule is O=S(=O)(NCCCOC1CCCCC1)c1cn[nH]c1. The monoisotopic (exact) mass is 287 g/mol. The molecule has 0 amide bonds. The molecule has 108 valence electrons. The molecule has 1 aliphatic carbocycles. The number of sulfonamides is 1. The smallest absolute Gasteiger partial charge is 0.243 e. The van der Waals surface area contributed by atoms with Gasteiger partial charge in [0.1, 0.15) is 4.90 Å². The van der Waals surface area contributed by atoms with Gasteiger partial charge < -0.3 is 4.74 Å². The molecule has 0 aliphatic heterocycles.